The second-order valence-electron chi connectivity index (χ2n) is 4.75. The third kappa shape index (κ3) is 2.90. The Kier molecular flexibility index (Phi) is 3.99. The third-order valence-corrected chi connectivity index (χ3v) is 4.16. The number of hydrogen-bond acceptors (Lipinski definition) is 5. The van der Waals surface area contributed by atoms with Crippen molar-refractivity contribution in [1.82, 2.24) is 9.55 Å². The van der Waals surface area contributed by atoms with Crippen LogP contribution in [0.25, 0.3) is 10.7 Å². The second kappa shape index (κ2) is 6.08. The van der Waals surface area contributed by atoms with Crippen molar-refractivity contribution in [2.45, 2.75) is 12.6 Å². The van der Waals surface area contributed by atoms with E-state index in [1.807, 2.05) is 22.1 Å². The third-order valence-electron chi connectivity index (χ3n) is 3.29. The van der Waals surface area contributed by atoms with Crippen LogP contribution < -0.4 is 0 Å². The number of aliphatic hydroxyl groups is 1. The fourth-order valence-corrected chi connectivity index (χ4v) is 2.96. The van der Waals surface area contributed by atoms with Crippen LogP contribution in [0.1, 0.15) is 11.7 Å². The molecule has 0 fully saturated rings. The van der Waals surface area contributed by atoms with Crippen LogP contribution in [0, 0.1) is 10.1 Å². The molecule has 7 heteroatoms. The monoisotopic (exact) mass is 315 g/mol. The summed E-state index contributed by atoms with van der Waals surface area (Å²) < 4.78 is 1.84. The number of nitro benzene ring substituents is 1. The van der Waals surface area contributed by atoms with E-state index in [1.165, 1.54) is 12.1 Å². The van der Waals surface area contributed by atoms with E-state index in [4.69, 9.17) is 0 Å². The van der Waals surface area contributed by atoms with Gasteiger partial charge in [0.15, 0.2) is 0 Å². The van der Waals surface area contributed by atoms with Gasteiger partial charge in [0.1, 0.15) is 5.82 Å². The normalized spacial score (nSPS) is 12.2. The minimum atomic E-state index is -0.840. The number of thiophene rings is 1. The maximum atomic E-state index is 10.8. The lowest BCUT2D eigenvalue weighted by molar-refractivity contribution is -0.385. The van der Waals surface area contributed by atoms with Crippen molar-refractivity contribution in [1.29, 1.82) is 0 Å². The van der Waals surface area contributed by atoms with Crippen molar-refractivity contribution in [3.63, 3.8) is 0 Å². The largest absolute Gasteiger partial charge is 0.387 e. The molecule has 6 nitrogen and oxygen atoms in total. The molecule has 0 spiro atoms. The summed E-state index contributed by atoms with van der Waals surface area (Å²) in [4.78, 5) is 15.7. The zero-order valence-corrected chi connectivity index (χ0v) is 12.3. The number of rotatable bonds is 5. The molecule has 3 rings (SSSR count). The number of aromatic nitrogens is 2. The van der Waals surface area contributed by atoms with Crippen molar-refractivity contribution in [2.24, 2.45) is 0 Å². The smallest absolute Gasteiger partial charge is 0.269 e. The predicted octanol–water partition coefficient (Wildman–Crippen LogP) is 3.25. The van der Waals surface area contributed by atoms with Crippen LogP contribution in [0.15, 0.2) is 54.2 Å². The lowest BCUT2D eigenvalue weighted by Gasteiger charge is -2.13. The first-order chi connectivity index (χ1) is 10.6. The summed E-state index contributed by atoms with van der Waals surface area (Å²) in [6.45, 7) is 0.286. The molecule has 0 aliphatic rings. The molecule has 22 heavy (non-hydrogen) atoms. The summed E-state index contributed by atoms with van der Waals surface area (Å²) in [5.41, 5.74) is 0.487. The van der Waals surface area contributed by atoms with Crippen LogP contribution in [0.3, 0.4) is 0 Å². The number of non-ortho nitro benzene ring substituents is 1. The zero-order chi connectivity index (χ0) is 15.5. The van der Waals surface area contributed by atoms with Crippen LogP contribution in [0.2, 0.25) is 0 Å². The average molecular weight is 315 g/mol. The highest BCUT2D eigenvalue weighted by Gasteiger charge is 2.15. The van der Waals surface area contributed by atoms with Gasteiger partial charge in [0.05, 0.1) is 22.4 Å². The van der Waals surface area contributed by atoms with Gasteiger partial charge < -0.3 is 9.67 Å². The Hall–Kier alpha value is -2.51. The first-order valence-electron chi connectivity index (χ1n) is 6.62. The molecule has 1 aromatic carbocycles. The molecule has 1 atom stereocenters. The van der Waals surface area contributed by atoms with E-state index < -0.39 is 11.0 Å². The SMILES string of the molecule is O=[N+]([O-])c1cccc([C@H](O)Cn2ccnc2-c2cccs2)c1. The van der Waals surface area contributed by atoms with Crippen LogP contribution in [0.5, 0.6) is 0 Å². The van der Waals surface area contributed by atoms with E-state index in [-0.39, 0.29) is 12.2 Å². The summed E-state index contributed by atoms with van der Waals surface area (Å²) in [5.74, 6) is 0.777. The van der Waals surface area contributed by atoms with E-state index in [0.29, 0.717) is 5.56 Å². The number of aliphatic hydroxyl groups excluding tert-OH is 1. The van der Waals surface area contributed by atoms with Crippen LogP contribution >= 0.6 is 11.3 Å². The summed E-state index contributed by atoms with van der Waals surface area (Å²) >= 11 is 1.57. The highest BCUT2D eigenvalue weighted by molar-refractivity contribution is 7.13. The molecule has 0 aliphatic carbocycles. The lowest BCUT2D eigenvalue weighted by Crippen LogP contribution is -2.09. The van der Waals surface area contributed by atoms with E-state index in [1.54, 1.807) is 35.9 Å². The molecule has 3 aromatic rings. The van der Waals surface area contributed by atoms with Crippen LogP contribution in [-0.4, -0.2) is 19.6 Å². The molecule has 0 aliphatic heterocycles. The summed E-state index contributed by atoms with van der Waals surface area (Å²) in [7, 11) is 0. The molecule has 0 unspecified atom stereocenters. The minimum absolute atomic E-state index is 0.0272. The standard InChI is InChI=1S/C15H13N3O3S/c19-13(11-3-1-4-12(9-11)18(20)21)10-17-7-6-16-15(17)14-5-2-8-22-14/h1-9,13,19H,10H2/t13-/m1/s1. The quantitative estimate of drug-likeness (QED) is 0.579. The minimum Gasteiger partial charge on any atom is -0.387 e. The Morgan fingerprint density at radius 3 is 2.95 bits per heavy atom. The second-order valence-corrected chi connectivity index (χ2v) is 5.70. The first-order valence-corrected chi connectivity index (χ1v) is 7.50. The molecule has 0 amide bonds. The molecular formula is C15H13N3O3S. The Morgan fingerprint density at radius 2 is 2.23 bits per heavy atom. The van der Waals surface area contributed by atoms with Gasteiger partial charge in [-0.05, 0) is 17.0 Å². The summed E-state index contributed by atoms with van der Waals surface area (Å²) in [6, 6.07) is 9.96. The first kappa shape index (κ1) is 14.4. The van der Waals surface area contributed by atoms with Gasteiger partial charge in [-0.2, -0.15) is 0 Å². The van der Waals surface area contributed by atoms with Gasteiger partial charge in [-0.1, -0.05) is 18.2 Å². The van der Waals surface area contributed by atoms with Crippen molar-refractivity contribution in [2.75, 3.05) is 0 Å². The highest BCUT2D eigenvalue weighted by atomic mass is 32.1. The van der Waals surface area contributed by atoms with Gasteiger partial charge in [0.2, 0.25) is 0 Å². The number of hydrogen-bond donors (Lipinski definition) is 1. The number of nitro groups is 1. The van der Waals surface area contributed by atoms with Crippen LogP contribution in [0.4, 0.5) is 5.69 Å². The molecule has 112 valence electrons. The number of benzene rings is 1. The fraction of sp³-hybridized carbons (Fsp3) is 0.133. The molecule has 1 N–H and O–H groups in total. The van der Waals surface area contributed by atoms with Crippen molar-refractivity contribution >= 4 is 17.0 Å². The number of nitrogens with zero attached hydrogens (tertiary/aromatic N) is 3. The Bertz CT molecular complexity index is 783. The topological polar surface area (TPSA) is 81.2 Å². The van der Waals surface area contributed by atoms with Crippen molar-refractivity contribution in [3.05, 3.63) is 69.8 Å². The Labute approximate surface area is 130 Å². The van der Waals surface area contributed by atoms with Gasteiger partial charge in [-0.25, -0.2) is 4.98 Å². The Morgan fingerprint density at radius 1 is 1.36 bits per heavy atom. The highest BCUT2D eigenvalue weighted by Crippen LogP contribution is 2.26. The molecule has 0 bridgehead atoms. The van der Waals surface area contributed by atoms with Crippen molar-refractivity contribution < 1.29 is 10.0 Å². The molecule has 2 heterocycles. The van der Waals surface area contributed by atoms with E-state index >= 15 is 0 Å². The van der Waals surface area contributed by atoms with Gasteiger partial charge in [-0.15, -0.1) is 11.3 Å². The maximum Gasteiger partial charge on any atom is 0.269 e. The van der Waals surface area contributed by atoms with Crippen molar-refractivity contribution in [3.8, 4) is 10.7 Å². The van der Waals surface area contributed by atoms with E-state index in [2.05, 4.69) is 4.98 Å². The van der Waals surface area contributed by atoms with Gasteiger partial charge in [-0.3, -0.25) is 10.1 Å². The fourth-order valence-electron chi connectivity index (χ4n) is 2.22. The predicted molar refractivity (Wildman–Crippen MR) is 83.6 cm³/mol. The average Bonchev–Trinajstić information content (AvgIpc) is 3.18. The van der Waals surface area contributed by atoms with Crippen LogP contribution in [-0.2, 0) is 6.54 Å². The maximum absolute atomic E-state index is 10.8. The molecule has 0 radical (unpaired) electrons. The van der Waals surface area contributed by atoms with Gasteiger partial charge in [0.25, 0.3) is 5.69 Å². The van der Waals surface area contributed by atoms with Gasteiger partial charge in [0, 0.05) is 24.5 Å². The molecule has 0 saturated carbocycles. The van der Waals surface area contributed by atoms with Gasteiger partial charge >= 0.3 is 0 Å². The molecule has 0 saturated heterocycles. The van der Waals surface area contributed by atoms with E-state index in [0.717, 1.165) is 10.7 Å². The van der Waals surface area contributed by atoms with E-state index in [9.17, 15) is 15.2 Å². The zero-order valence-electron chi connectivity index (χ0n) is 11.5. The molecule has 2 aromatic heterocycles. The summed E-state index contributed by atoms with van der Waals surface area (Å²) in [6.07, 6.45) is 2.62. The number of imidazole rings is 1. The Balaban J connectivity index is 1.83. The lowest BCUT2D eigenvalue weighted by atomic mass is 10.1. The molecular weight excluding hydrogens is 302 g/mol. The summed E-state index contributed by atoms with van der Waals surface area (Å²) in [5, 5.41) is 23.1.